The van der Waals surface area contributed by atoms with Crippen molar-refractivity contribution >= 4 is 5.91 Å². The van der Waals surface area contributed by atoms with Gasteiger partial charge in [-0.05, 0) is 36.2 Å². The van der Waals surface area contributed by atoms with Crippen molar-refractivity contribution in [3.8, 4) is 5.75 Å². The third kappa shape index (κ3) is 7.15. The Morgan fingerprint density at radius 2 is 1.72 bits per heavy atom. The van der Waals surface area contributed by atoms with E-state index >= 15 is 0 Å². The summed E-state index contributed by atoms with van der Waals surface area (Å²) in [5.41, 5.74) is 2.57. The Balaban J connectivity index is 1.39. The Hall–Kier alpha value is -2.44. The van der Waals surface area contributed by atoms with E-state index in [-0.39, 0.29) is 12.0 Å². The number of pyridine rings is 1. The first kappa shape index (κ1) is 21.3. The van der Waals surface area contributed by atoms with Gasteiger partial charge in [-0.25, -0.2) is 0 Å². The van der Waals surface area contributed by atoms with Crippen LogP contribution in [0.15, 0.2) is 48.8 Å². The molecule has 0 radical (unpaired) electrons. The lowest BCUT2D eigenvalue weighted by molar-refractivity contribution is -0.121. The number of hydrogen-bond acceptors (Lipinski definition) is 5. The van der Waals surface area contributed by atoms with Crippen molar-refractivity contribution in [2.24, 2.45) is 0 Å². The van der Waals surface area contributed by atoms with Gasteiger partial charge in [0, 0.05) is 58.1 Å². The molecular weight excluding hydrogens is 364 g/mol. The van der Waals surface area contributed by atoms with Crippen LogP contribution in [0, 0.1) is 0 Å². The van der Waals surface area contributed by atoms with Crippen molar-refractivity contribution < 1.29 is 9.53 Å². The zero-order valence-electron chi connectivity index (χ0n) is 17.5. The van der Waals surface area contributed by atoms with E-state index in [1.807, 2.05) is 44.4 Å². The Morgan fingerprint density at radius 3 is 2.31 bits per heavy atom. The molecule has 0 spiro atoms. The first-order valence-electron chi connectivity index (χ1n) is 10.5. The second kappa shape index (κ2) is 10.9. The molecule has 1 aromatic heterocycles. The number of carbonyl (C=O) groups is 1. The number of piperazine rings is 1. The van der Waals surface area contributed by atoms with Crippen LogP contribution in [0.25, 0.3) is 0 Å². The SMILES string of the molecule is CCC(=O)NC[C@@H](C)Oc1ccc(CN2CCN(Cc3cccnc3)CC2)cc1. The highest BCUT2D eigenvalue weighted by atomic mass is 16.5. The second-order valence-corrected chi connectivity index (χ2v) is 7.64. The number of carbonyl (C=O) groups excluding carboxylic acids is 1. The lowest BCUT2D eigenvalue weighted by atomic mass is 10.2. The molecule has 1 atom stereocenters. The predicted octanol–water partition coefficient (Wildman–Crippen LogP) is 2.69. The molecule has 3 rings (SSSR count). The molecule has 1 aromatic carbocycles. The summed E-state index contributed by atoms with van der Waals surface area (Å²) in [5, 5.41) is 2.86. The largest absolute Gasteiger partial charge is 0.489 e. The molecular formula is C23H32N4O2. The molecule has 1 aliphatic rings. The van der Waals surface area contributed by atoms with Crippen LogP contribution in [-0.2, 0) is 17.9 Å². The van der Waals surface area contributed by atoms with E-state index in [1.165, 1.54) is 11.1 Å². The van der Waals surface area contributed by atoms with Gasteiger partial charge < -0.3 is 10.1 Å². The molecule has 1 aliphatic heterocycles. The molecule has 0 aliphatic carbocycles. The summed E-state index contributed by atoms with van der Waals surface area (Å²) in [5.74, 6) is 0.893. The third-order valence-corrected chi connectivity index (χ3v) is 5.17. The normalized spacial score (nSPS) is 16.3. The molecule has 6 nitrogen and oxygen atoms in total. The minimum atomic E-state index is -0.0516. The summed E-state index contributed by atoms with van der Waals surface area (Å²) in [6.45, 7) is 10.6. The van der Waals surface area contributed by atoms with Crippen molar-refractivity contribution in [1.82, 2.24) is 20.1 Å². The number of amides is 1. The summed E-state index contributed by atoms with van der Waals surface area (Å²) >= 11 is 0. The van der Waals surface area contributed by atoms with Crippen molar-refractivity contribution in [3.63, 3.8) is 0 Å². The topological polar surface area (TPSA) is 57.7 Å². The molecule has 0 saturated carbocycles. The lowest BCUT2D eigenvalue weighted by Gasteiger charge is -2.34. The Bertz CT molecular complexity index is 743. The number of nitrogens with one attached hydrogen (secondary N) is 1. The Kier molecular flexibility index (Phi) is 8.02. The maximum atomic E-state index is 11.3. The fourth-order valence-corrected chi connectivity index (χ4v) is 3.44. The van der Waals surface area contributed by atoms with Crippen LogP contribution >= 0.6 is 0 Å². The molecule has 2 aromatic rings. The zero-order chi connectivity index (χ0) is 20.5. The fraction of sp³-hybridized carbons (Fsp3) is 0.478. The molecule has 1 saturated heterocycles. The highest BCUT2D eigenvalue weighted by molar-refractivity contribution is 5.75. The van der Waals surface area contributed by atoms with Crippen LogP contribution in [0.2, 0.25) is 0 Å². The average molecular weight is 397 g/mol. The molecule has 1 N–H and O–H groups in total. The lowest BCUT2D eigenvalue weighted by Crippen LogP contribution is -2.45. The molecule has 1 amide bonds. The van der Waals surface area contributed by atoms with E-state index in [0.717, 1.165) is 45.0 Å². The van der Waals surface area contributed by atoms with Gasteiger partial charge in [0.2, 0.25) is 5.91 Å². The molecule has 156 valence electrons. The summed E-state index contributed by atoms with van der Waals surface area (Å²) < 4.78 is 5.88. The van der Waals surface area contributed by atoms with E-state index < -0.39 is 0 Å². The van der Waals surface area contributed by atoms with E-state index in [2.05, 4.69) is 38.3 Å². The van der Waals surface area contributed by atoms with Crippen LogP contribution in [-0.4, -0.2) is 59.5 Å². The van der Waals surface area contributed by atoms with Crippen molar-refractivity contribution in [3.05, 3.63) is 59.9 Å². The molecule has 6 heteroatoms. The standard InChI is InChI=1S/C23H32N4O2/c1-3-23(28)25-15-19(2)29-22-8-6-20(7-9-22)17-26-11-13-27(14-12-26)18-21-5-4-10-24-16-21/h4-10,16,19H,3,11-15,17-18H2,1-2H3,(H,25,28)/t19-/m1/s1. The first-order valence-corrected chi connectivity index (χ1v) is 10.5. The summed E-state index contributed by atoms with van der Waals surface area (Å²) in [4.78, 5) is 20.5. The second-order valence-electron chi connectivity index (χ2n) is 7.64. The van der Waals surface area contributed by atoms with E-state index in [1.54, 1.807) is 0 Å². The van der Waals surface area contributed by atoms with E-state index in [4.69, 9.17) is 4.74 Å². The Labute approximate surface area is 173 Å². The van der Waals surface area contributed by atoms with Gasteiger partial charge in [0.15, 0.2) is 0 Å². The summed E-state index contributed by atoms with van der Waals surface area (Å²) in [6, 6.07) is 12.4. The van der Waals surface area contributed by atoms with Gasteiger partial charge >= 0.3 is 0 Å². The average Bonchev–Trinajstić information content (AvgIpc) is 2.75. The highest BCUT2D eigenvalue weighted by Crippen LogP contribution is 2.16. The number of nitrogens with zero attached hydrogens (tertiary/aromatic N) is 3. The van der Waals surface area contributed by atoms with Gasteiger partial charge in [0.1, 0.15) is 11.9 Å². The number of ether oxygens (including phenoxy) is 1. The van der Waals surface area contributed by atoms with Gasteiger partial charge in [0.25, 0.3) is 0 Å². The fourth-order valence-electron chi connectivity index (χ4n) is 3.44. The summed E-state index contributed by atoms with van der Waals surface area (Å²) in [7, 11) is 0. The van der Waals surface area contributed by atoms with Crippen molar-refractivity contribution in [2.75, 3.05) is 32.7 Å². The van der Waals surface area contributed by atoms with Crippen molar-refractivity contribution in [2.45, 2.75) is 39.5 Å². The number of benzene rings is 1. The molecule has 29 heavy (non-hydrogen) atoms. The van der Waals surface area contributed by atoms with Gasteiger partial charge in [0.05, 0.1) is 6.54 Å². The van der Waals surface area contributed by atoms with Crippen LogP contribution in [0.1, 0.15) is 31.4 Å². The molecule has 0 unspecified atom stereocenters. The van der Waals surface area contributed by atoms with Gasteiger partial charge in [-0.1, -0.05) is 25.1 Å². The first-order chi connectivity index (χ1) is 14.1. The van der Waals surface area contributed by atoms with E-state index in [9.17, 15) is 4.79 Å². The van der Waals surface area contributed by atoms with Crippen LogP contribution in [0.4, 0.5) is 0 Å². The van der Waals surface area contributed by atoms with Crippen LogP contribution in [0.5, 0.6) is 5.75 Å². The number of rotatable bonds is 9. The van der Waals surface area contributed by atoms with Crippen LogP contribution in [0.3, 0.4) is 0 Å². The van der Waals surface area contributed by atoms with Gasteiger partial charge in [-0.15, -0.1) is 0 Å². The van der Waals surface area contributed by atoms with Gasteiger partial charge in [-0.2, -0.15) is 0 Å². The molecule has 2 heterocycles. The third-order valence-electron chi connectivity index (χ3n) is 5.17. The van der Waals surface area contributed by atoms with Gasteiger partial charge in [-0.3, -0.25) is 19.6 Å². The maximum Gasteiger partial charge on any atom is 0.219 e. The quantitative estimate of drug-likeness (QED) is 0.706. The number of aromatic nitrogens is 1. The summed E-state index contributed by atoms with van der Waals surface area (Å²) in [6.07, 6.45) is 4.22. The number of hydrogen-bond donors (Lipinski definition) is 1. The maximum absolute atomic E-state index is 11.3. The monoisotopic (exact) mass is 396 g/mol. The van der Waals surface area contributed by atoms with Crippen molar-refractivity contribution in [1.29, 1.82) is 0 Å². The minimum Gasteiger partial charge on any atom is -0.489 e. The van der Waals surface area contributed by atoms with Crippen LogP contribution < -0.4 is 10.1 Å². The Morgan fingerprint density at radius 1 is 1.07 bits per heavy atom. The zero-order valence-corrected chi connectivity index (χ0v) is 17.5. The molecule has 1 fully saturated rings. The predicted molar refractivity (Wildman–Crippen MR) is 115 cm³/mol. The van der Waals surface area contributed by atoms with E-state index in [0.29, 0.717) is 13.0 Å². The molecule has 0 bridgehead atoms. The highest BCUT2D eigenvalue weighted by Gasteiger charge is 2.17. The minimum absolute atomic E-state index is 0.0516. The smallest absolute Gasteiger partial charge is 0.219 e.